The lowest BCUT2D eigenvalue weighted by Gasteiger charge is -2.18. The molecule has 1 aliphatic heterocycles. The molecule has 0 spiro atoms. The summed E-state index contributed by atoms with van der Waals surface area (Å²) in [7, 11) is 0. The van der Waals surface area contributed by atoms with E-state index in [1.165, 1.54) is 6.07 Å². The second-order valence-electron chi connectivity index (χ2n) is 4.19. The zero-order valence-corrected chi connectivity index (χ0v) is 9.77. The van der Waals surface area contributed by atoms with Crippen molar-refractivity contribution in [2.24, 2.45) is 5.92 Å². The molecule has 0 fully saturated rings. The van der Waals surface area contributed by atoms with Gasteiger partial charge in [-0.3, -0.25) is 0 Å². The van der Waals surface area contributed by atoms with Crippen LogP contribution < -0.4 is 0 Å². The molecule has 15 heavy (non-hydrogen) atoms. The Labute approximate surface area is 93.7 Å². The fourth-order valence-corrected chi connectivity index (χ4v) is 3.24. The zero-order chi connectivity index (χ0) is 11.0. The van der Waals surface area contributed by atoms with Crippen LogP contribution in [0.1, 0.15) is 29.7 Å². The molecule has 1 aliphatic rings. The molecule has 2 unspecified atom stereocenters. The Kier molecular flexibility index (Phi) is 3.03. The van der Waals surface area contributed by atoms with E-state index in [2.05, 4.69) is 0 Å². The van der Waals surface area contributed by atoms with Crippen molar-refractivity contribution in [3.8, 4) is 0 Å². The predicted octanol–water partition coefficient (Wildman–Crippen LogP) is 3.05. The normalized spacial score (nSPS) is 25.9. The molecule has 0 saturated heterocycles. The van der Waals surface area contributed by atoms with Crippen molar-refractivity contribution in [1.82, 2.24) is 0 Å². The van der Waals surface area contributed by atoms with Crippen LogP contribution in [0.2, 0.25) is 0 Å². The number of fused-ring (bicyclic) bond motifs is 1. The van der Waals surface area contributed by atoms with Crippen LogP contribution in [0.4, 0.5) is 4.39 Å². The molecule has 82 valence electrons. The van der Waals surface area contributed by atoms with Gasteiger partial charge in [0.2, 0.25) is 0 Å². The van der Waals surface area contributed by atoms with Gasteiger partial charge in [0.25, 0.3) is 0 Å². The Balaban J connectivity index is 2.57. The smallest absolute Gasteiger partial charge is 0.129 e. The molecular weight excluding hydrogens is 211 g/mol. The van der Waals surface area contributed by atoms with Gasteiger partial charge < -0.3 is 5.11 Å². The quantitative estimate of drug-likeness (QED) is 0.733. The van der Waals surface area contributed by atoms with E-state index < -0.39 is 6.10 Å². The minimum atomic E-state index is -0.658. The highest BCUT2D eigenvalue weighted by Crippen LogP contribution is 2.36. The van der Waals surface area contributed by atoms with Crippen molar-refractivity contribution >= 4 is 11.8 Å². The number of aliphatic hydroxyl groups excluding tert-OH is 1. The number of hydrogen-bond donors (Lipinski definition) is 1. The van der Waals surface area contributed by atoms with Gasteiger partial charge >= 0.3 is 0 Å². The Hall–Kier alpha value is -0.540. The summed E-state index contributed by atoms with van der Waals surface area (Å²) >= 11 is 1.77. The van der Waals surface area contributed by atoms with E-state index in [0.717, 1.165) is 22.6 Å². The first-order valence-corrected chi connectivity index (χ1v) is 6.30. The van der Waals surface area contributed by atoms with Gasteiger partial charge in [0.15, 0.2) is 0 Å². The molecule has 0 amide bonds. The number of aryl methyl sites for hydroxylation is 1. The topological polar surface area (TPSA) is 20.2 Å². The van der Waals surface area contributed by atoms with E-state index in [0.29, 0.717) is 5.56 Å². The highest BCUT2D eigenvalue weighted by atomic mass is 32.2. The van der Waals surface area contributed by atoms with Crippen LogP contribution in [0, 0.1) is 18.7 Å². The molecule has 1 nitrogen and oxygen atoms in total. The zero-order valence-electron chi connectivity index (χ0n) is 8.96. The molecule has 1 aromatic rings. The second kappa shape index (κ2) is 4.14. The third-order valence-electron chi connectivity index (χ3n) is 3.00. The Morgan fingerprint density at radius 2 is 2.20 bits per heavy atom. The van der Waals surface area contributed by atoms with E-state index in [1.807, 2.05) is 13.8 Å². The summed E-state index contributed by atoms with van der Waals surface area (Å²) in [5.74, 6) is 1.54. The third kappa shape index (κ3) is 1.91. The van der Waals surface area contributed by atoms with Crippen molar-refractivity contribution in [3.05, 3.63) is 34.6 Å². The third-order valence-corrected chi connectivity index (χ3v) is 4.25. The first kappa shape index (κ1) is 11.0. The van der Waals surface area contributed by atoms with Crippen LogP contribution in [0.15, 0.2) is 12.1 Å². The van der Waals surface area contributed by atoms with E-state index in [4.69, 9.17) is 0 Å². The summed E-state index contributed by atoms with van der Waals surface area (Å²) in [4.78, 5) is 0. The van der Waals surface area contributed by atoms with Gasteiger partial charge in [0, 0.05) is 11.3 Å². The Morgan fingerprint density at radius 3 is 2.93 bits per heavy atom. The van der Waals surface area contributed by atoms with Crippen LogP contribution in [0.25, 0.3) is 0 Å². The van der Waals surface area contributed by atoms with Crippen LogP contribution >= 0.6 is 11.8 Å². The van der Waals surface area contributed by atoms with E-state index >= 15 is 0 Å². The fraction of sp³-hybridized carbons (Fsp3) is 0.500. The van der Waals surface area contributed by atoms with Gasteiger partial charge in [0.1, 0.15) is 5.82 Å². The van der Waals surface area contributed by atoms with Crippen LogP contribution in [0.3, 0.4) is 0 Å². The monoisotopic (exact) mass is 226 g/mol. The van der Waals surface area contributed by atoms with Crippen LogP contribution in [-0.4, -0.2) is 10.9 Å². The summed E-state index contributed by atoms with van der Waals surface area (Å²) in [5, 5.41) is 10.1. The molecule has 3 heteroatoms. The first-order valence-electron chi connectivity index (χ1n) is 5.15. The van der Waals surface area contributed by atoms with Crippen molar-refractivity contribution in [2.75, 3.05) is 5.75 Å². The molecule has 0 saturated carbocycles. The number of hydrogen-bond acceptors (Lipinski definition) is 2. The summed E-state index contributed by atoms with van der Waals surface area (Å²) in [6.07, 6.45) is -0.658. The van der Waals surface area contributed by atoms with Gasteiger partial charge in [0.05, 0.1) is 6.10 Å². The van der Waals surface area contributed by atoms with Crippen LogP contribution in [0.5, 0.6) is 0 Å². The van der Waals surface area contributed by atoms with Gasteiger partial charge in [-0.15, -0.1) is 0 Å². The van der Waals surface area contributed by atoms with Crippen LogP contribution in [-0.2, 0) is 5.75 Å². The molecular formula is C12H15FOS. The average molecular weight is 226 g/mol. The number of benzene rings is 1. The van der Waals surface area contributed by atoms with Gasteiger partial charge in [-0.2, -0.15) is 11.8 Å². The highest BCUT2D eigenvalue weighted by molar-refractivity contribution is 7.98. The summed E-state index contributed by atoms with van der Waals surface area (Å²) < 4.78 is 13.7. The summed E-state index contributed by atoms with van der Waals surface area (Å²) in [5.41, 5.74) is 2.58. The number of rotatable bonds is 0. The van der Waals surface area contributed by atoms with Gasteiger partial charge in [-0.05, 0) is 35.8 Å². The standard InChI is InChI=1S/C12H15FOS/c1-7-3-4-10(13)11-9(7)6-15-5-8(2)12(11)14/h3-4,8,12,14H,5-6H2,1-2H3. The van der Waals surface area contributed by atoms with E-state index in [9.17, 15) is 9.50 Å². The van der Waals surface area contributed by atoms with Crippen molar-refractivity contribution in [1.29, 1.82) is 0 Å². The molecule has 0 bridgehead atoms. The molecule has 0 aliphatic carbocycles. The molecule has 1 aromatic carbocycles. The Morgan fingerprint density at radius 1 is 1.47 bits per heavy atom. The SMILES string of the molecule is Cc1ccc(F)c2c1CSCC(C)C2O. The van der Waals surface area contributed by atoms with Crippen molar-refractivity contribution in [3.63, 3.8) is 0 Å². The lowest BCUT2D eigenvalue weighted by atomic mass is 9.92. The highest BCUT2D eigenvalue weighted by Gasteiger charge is 2.26. The maximum atomic E-state index is 13.7. The van der Waals surface area contributed by atoms with E-state index in [-0.39, 0.29) is 11.7 Å². The van der Waals surface area contributed by atoms with Crippen molar-refractivity contribution < 1.29 is 9.50 Å². The average Bonchev–Trinajstić information content (AvgIpc) is 2.35. The molecule has 0 aromatic heterocycles. The summed E-state index contributed by atoms with van der Waals surface area (Å²) in [6, 6.07) is 3.25. The van der Waals surface area contributed by atoms with Gasteiger partial charge in [-0.25, -0.2) is 4.39 Å². The molecule has 1 heterocycles. The first-order chi connectivity index (χ1) is 7.11. The molecule has 2 rings (SSSR count). The number of aliphatic hydroxyl groups is 1. The number of thioether (sulfide) groups is 1. The number of halogens is 1. The molecule has 2 atom stereocenters. The lowest BCUT2D eigenvalue weighted by Crippen LogP contribution is -2.12. The molecule has 1 N–H and O–H groups in total. The second-order valence-corrected chi connectivity index (χ2v) is 5.22. The maximum absolute atomic E-state index is 13.7. The Bertz CT molecular complexity index is 378. The van der Waals surface area contributed by atoms with Crippen molar-refractivity contribution in [2.45, 2.75) is 25.7 Å². The minimum absolute atomic E-state index is 0.118. The fourth-order valence-electron chi connectivity index (χ4n) is 1.98. The predicted molar refractivity (Wildman–Crippen MR) is 61.4 cm³/mol. The molecule has 0 radical (unpaired) electrons. The minimum Gasteiger partial charge on any atom is -0.388 e. The van der Waals surface area contributed by atoms with Gasteiger partial charge in [-0.1, -0.05) is 13.0 Å². The lowest BCUT2D eigenvalue weighted by molar-refractivity contribution is 0.125. The largest absolute Gasteiger partial charge is 0.388 e. The van der Waals surface area contributed by atoms with E-state index in [1.54, 1.807) is 17.8 Å². The maximum Gasteiger partial charge on any atom is 0.129 e. The summed E-state index contributed by atoms with van der Waals surface area (Å²) in [6.45, 7) is 3.94.